The van der Waals surface area contributed by atoms with Gasteiger partial charge in [0.1, 0.15) is 11.7 Å². The number of nitrogens with zero attached hydrogens (tertiary/aromatic N) is 1. The molecule has 0 aliphatic carbocycles. The highest BCUT2D eigenvalue weighted by Gasteiger charge is 2.44. The molecule has 1 heterocycles. The Labute approximate surface area is 169 Å². The number of hydrogen-bond donors (Lipinski definition) is 1. The Morgan fingerprint density at radius 1 is 1.00 bits per heavy atom. The van der Waals surface area contributed by atoms with Crippen molar-refractivity contribution in [2.45, 2.75) is 18.5 Å². The summed E-state index contributed by atoms with van der Waals surface area (Å²) in [5, 5.41) is 10.1. The SMILES string of the molecule is COc1cccc([C@H]2[C@@H](C(=O)O)c3ccccc3C(=O)N2Cc2ccccc2)c1. The van der Waals surface area contributed by atoms with Gasteiger partial charge in [0.25, 0.3) is 5.91 Å². The average molecular weight is 387 g/mol. The van der Waals surface area contributed by atoms with Gasteiger partial charge in [0.2, 0.25) is 0 Å². The van der Waals surface area contributed by atoms with E-state index in [0.29, 0.717) is 23.4 Å². The number of amides is 1. The van der Waals surface area contributed by atoms with Crippen molar-refractivity contribution in [3.63, 3.8) is 0 Å². The van der Waals surface area contributed by atoms with E-state index in [1.54, 1.807) is 48.4 Å². The standard InChI is InChI=1S/C24H21NO4/c1-29-18-11-7-10-17(14-18)22-21(24(27)28)19-12-5-6-13-20(19)23(26)25(22)15-16-8-3-2-4-9-16/h2-14,21-22H,15H2,1H3,(H,27,28)/t21-,22-/m0/s1. The average Bonchev–Trinajstić information content (AvgIpc) is 2.76. The van der Waals surface area contributed by atoms with Gasteiger partial charge >= 0.3 is 5.97 Å². The van der Waals surface area contributed by atoms with E-state index in [1.165, 1.54) is 0 Å². The summed E-state index contributed by atoms with van der Waals surface area (Å²) in [6.45, 7) is 0.319. The molecule has 1 N–H and O–H groups in total. The Bertz CT molecular complexity index is 1050. The van der Waals surface area contributed by atoms with E-state index in [4.69, 9.17) is 4.74 Å². The van der Waals surface area contributed by atoms with Gasteiger partial charge in [-0.25, -0.2) is 0 Å². The predicted octanol–water partition coefficient (Wildman–Crippen LogP) is 4.26. The second kappa shape index (κ2) is 7.80. The lowest BCUT2D eigenvalue weighted by Crippen LogP contribution is -2.44. The number of ether oxygens (including phenoxy) is 1. The lowest BCUT2D eigenvalue weighted by molar-refractivity contribution is -0.140. The number of carbonyl (C=O) groups excluding carboxylic acids is 1. The van der Waals surface area contributed by atoms with E-state index in [-0.39, 0.29) is 5.91 Å². The monoisotopic (exact) mass is 387 g/mol. The number of methoxy groups -OCH3 is 1. The number of hydrogen-bond acceptors (Lipinski definition) is 3. The van der Waals surface area contributed by atoms with Gasteiger partial charge in [0, 0.05) is 12.1 Å². The summed E-state index contributed by atoms with van der Waals surface area (Å²) in [6, 6.07) is 23.2. The maximum absolute atomic E-state index is 13.4. The molecule has 1 aliphatic heterocycles. The van der Waals surface area contributed by atoms with Crippen LogP contribution in [0.3, 0.4) is 0 Å². The smallest absolute Gasteiger partial charge is 0.313 e. The summed E-state index contributed by atoms with van der Waals surface area (Å²) in [5.41, 5.74) is 2.66. The molecular weight excluding hydrogens is 366 g/mol. The molecule has 2 atom stereocenters. The third-order valence-corrected chi connectivity index (χ3v) is 5.34. The van der Waals surface area contributed by atoms with Gasteiger partial charge in [-0.15, -0.1) is 0 Å². The van der Waals surface area contributed by atoms with E-state index < -0.39 is 17.9 Å². The number of rotatable bonds is 5. The number of carbonyl (C=O) groups is 2. The fourth-order valence-electron chi connectivity index (χ4n) is 4.01. The first kappa shape index (κ1) is 18.7. The molecule has 5 nitrogen and oxygen atoms in total. The molecule has 0 spiro atoms. The molecule has 4 rings (SSSR count). The molecule has 1 amide bonds. The van der Waals surface area contributed by atoms with Crippen molar-refractivity contribution in [1.82, 2.24) is 4.90 Å². The van der Waals surface area contributed by atoms with Crippen LogP contribution in [-0.2, 0) is 11.3 Å². The van der Waals surface area contributed by atoms with Crippen molar-refractivity contribution in [1.29, 1.82) is 0 Å². The minimum atomic E-state index is -0.962. The lowest BCUT2D eigenvalue weighted by atomic mass is 9.79. The lowest BCUT2D eigenvalue weighted by Gasteiger charge is -2.41. The van der Waals surface area contributed by atoms with Gasteiger partial charge in [-0.1, -0.05) is 60.7 Å². The van der Waals surface area contributed by atoms with Crippen LogP contribution in [-0.4, -0.2) is 29.0 Å². The minimum absolute atomic E-state index is 0.172. The second-order valence-corrected chi connectivity index (χ2v) is 7.04. The molecule has 0 saturated carbocycles. The number of aliphatic carboxylic acids is 1. The summed E-state index contributed by atoms with van der Waals surface area (Å²) >= 11 is 0. The van der Waals surface area contributed by atoms with Crippen molar-refractivity contribution in [2.75, 3.05) is 7.11 Å². The molecule has 0 fully saturated rings. The third kappa shape index (κ3) is 3.47. The van der Waals surface area contributed by atoms with Crippen LogP contribution in [0.25, 0.3) is 0 Å². The number of fused-ring (bicyclic) bond motifs is 1. The Hall–Kier alpha value is -3.60. The first-order chi connectivity index (χ1) is 14.1. The van der Waals surface area contributed by atoms with E-state index in [2.05, 4.69) is 0 Å². The molecule has 5 heteroatoms. The van der Waals surface area contributed by atoms with E-state index >= 15 is 0 Å². The van der Waals surface area contributed by atoms with Gasteiger partial charge < -0.3 is 14.7 Å². The molecule has 146 valence electrons. The van der Waals surface area contributed by atoms with Crippen LogP contribution in [0.5, 0.6) is 5.75 Å². The number of benzene rings is 3. The summed E-state index contributed by atoms with van der Waals surface area (Å²) in [5.74, 6) is -1.39. The Balaban J connectivity index is 1.89. The largest absolute Gasteiger partial charge is 0.497 e. The molecule has 0 aromatic heterocycles. The van der Waals surface area contributed by atoms with Crippen LogP contribution in [0.1, 0.15) is 39.0 Å². The fourth-order valence-corrected chi connectivity index (χ4v) is 4.01. The maximum atomic E-state index is 13.4. The van der Waals surface area contributed by atoms with Gasteiger partial charge in [-0.2, -0.15) is 0 Å². The van der Waals surface area contributed by atoms with Crippen LogP contribution in [0, 0.1) is 0 Å². The van der Waals surface area contributed by atoms with Crippen LogP contribution in [0.15, 0.2) is 78.9 Å². The fraction of sp³-hybridized carbons (Fsp3) is 0.167. The first-order valence-corrected chi connectivity index (χ1v) is 9.40. The van der Waals surface area contributed by atoms with Gasteiger partial charge in [-0.3, -0.25) is 9.59 Å². The van der Waals surface area contributed by atoms with Crippen LogP contribution < -0.4 is 4.74 Å². The number of carboxylic acid groups (broad SMARTS) is 1. The highest BCUT2D eigenvalue weighted by atomic mass is 16.5. The number of carboxylic acids is 1. The van der Waals surface area contributed by atoms with Gasteiger partial charge in [-0.05, 0) is 34.9 Å². The molecule has 29 heavy (non-hydrogen) atoms. The third-order valence-electron chi connectivity index (χ3n) is 5.34. The zero-order valence-electron chi connectivity index (χ0n) is 16.0. The summed E-state index contributed by atoms with van der Waals surface area (Å²) in [6.07, 6.45) is 0. The molecule has 0 bridgehead atoms. The van der Waals surface area contributed by atoms with Crippen molar-refractivity contribution in [3.05, 3.63) is 101 Å². The van der Waals surface area contributed by atoms with E-state index in [0.717, 1.165) is 11.1 Å². The van der Waals surface area contributed by atoms with Crippen molar-refractivity contribution >= 4 is 11.9 Å². The zero-order chi connectivity index (χ0) is 20.4. The Morgan fingerprint density at radius 3 is 2.45 bits per heavy atom. The zero-order valence-corrected chi connectivity index (χ0v) is 16.0. The highest BCUT2D eigenvalue weighted by Crippen LogP contribution is 2.44. The minimum Gasteiger partial charge on any atom is -0.497 e. The van der Waals surface area contributed by atoms with Crippen LogP contribution in [0.4, 0.5) is 0 Å². The Morgan fingerprint density at radius 2 is 1.72 bits per heavy atom. The maximum Gasteiger partial charge on any atom is 0.313 e. The van der Waals surface area contributed by atoms with E-state index in [1.807, 2.05) is 42.5 Å². The van der Waals surface area contributed by atoms with Crippen molar-refractivity contribution < 1.29 is 19.4 Å². The summed E-state index contributed by atoms with van der Waals surface area (Å²) < 4.78 is 5.34. The van der Waals surface area contributed by atoms with E-state index in [9.17, 15) is 14.7 Å². The molecule has 1 aliphatic rings. The molecule has 3 aromatic rings. The molecule has 0 unspecified atom stereocenters. The Kier molecular flexibility index (Phi) is 5.04. The molecular formula is C24H21NO4. The first-order valence-electron chi connectivity index (χ1n) is 9.40. The summed E-state index contributed by atoms with van der Waals surface area (Å²) in [7, 11) is 1.57. The van der Waals surface area contributed by atoms with Crippen LogP contribution in [0.2, 0.25) is 0 Å². The van der Waals surface area contributed by atoms with Gasteiger partial charge in [0.15, 0.2) is 0 Å². The second-order valence-electron chi connectivity index (χ2n) is 7.04. The van der Waals surface area contributed by atoms with Crippen molar-refractivity contribution in [3.8, 4) is 5.75 Å². The van der Waals surface area contributed by atoms with Crippen molar-refractivity contribution in [2.24, 2.45) is 0 Å². The molecule has 3 aromatic carbocycles. The summed E-state index contributed by atoms with van der Waals surface area (Å²) in [4.78, 5) is 27.5. The normalized spacial score (nSPS) is 18.2. The quantitative estimate of drug-likeness (QED) is 0.710. The van der Waals surface area contributed by atoms with Gasteiger partial charge in [0.05, 0.1) is 13.2 Å². The topological polar surface area (TPSA) is 66.8 Å². The van der Waals surface area contributed by atoms with Crippen LogP contribution >= 0.6 is 0 Å². The molecule has 0 saturated heterocycles. The molecule has 0 radical (unpaired) electrons. The highest BCUT2D eigenvalue weighted by molar-refractivity contribution is 6.00. The predicted molar refractivity (Wildman–Crippen MR) is 109 cm³/mol.